The average molecular weight is 236 g/mol. The van der Waals surface area contributed by atoms with Crippen LogP contribution in [0.3, 0.4) is 0 Å². The van der Waals surface area contributed by atoms with Gasteiger partial charge in [-0.3, -0.25) is 0 Å². The lowest BCUT2D eigenvalue weighted by molar-refractivity contribution is 0.406. The Bertz CT molecular complexity index is 452. The number of nitrogens with zero attached hydrogens (tertiary/aromatic N) is 1. The van der Waals surface area contributed by atoms with E-state index in [4.69, 9.17) is 16.3 Å². The fourth-order valence-corrected chi connectivity index (χ4v) is 2.55. The van der Waals surface area contributed by atoms with Gasteiger partial charge < -0.3 is 4.74 Å². The highest BCUT2D eigenvalue weighted by Gasteiger charge is 2.56. The molecule has 2 atom stereocenters. The van der Waals surface area contributed by atoms with Gasteiger partial charge in [-0.1, -0.05) is 24.9 Å². The Labute approximate surface area is 101 Å². The van der Waals surface area contributed by atoms with Crippen LogP contribution in [-0.2, 0) is 5.41 Å². The molecule has 0 N–H and O–H groups in total. The van der Waals surface area contributed by atoms with Crippen LogP contribution in [0.25, 0.3) is 0 Å². The minimum Gasteiger partial charge on any atom is -0.496 e. The third-order valence-corrected chi connectivity index (χ3v) is 3.67. The second-order valence-electron chi connectivity index (χ2n) is 4.24. The summed E-state index contributed by atoms with van der Waals surface area (Å²) in [5.74, 6) is 1.20. The van der Waals surface area contributed by atoms with Gasteiger partial charge in [0.1, 0.15) is 5.75 Å². The van der Waals surface area contributed by atoms with Gasteiger partial charge in [-0.2, -0.15) is 5.26 Å². The Morgan fingerprint density at radius 1 is 1.62 bits per heavy atom. The van der Waals surface area contributed by atoms with Crippen LogP contribution in [0.2, 0.25) is 5.02 Å². The summed E-state index contributed by atoms with van der Waals surface area (Å²) in [6, 6.07) is 7.92. The van der Waals surface area contributed by atoms with Crippen molar-refractivity contribution in [1.82, 2.24) is 0 Å². The predicted octanol–water partition coefficient (Wildman–Crippen LogP) is 3.54. The van der Waals surface area contributed by atoms with Crippen LogP contribution in [-0.4, -0.2) is 7.11 Å². The molecular formula is C13H14ClNO. The van der Waals surface area contributed by atoms with Gasteiger partial charge in [-0.15, -0.1) is 0 Å². The van der Waals surface area contributed by atoms with Crippen molar-refractivity contribution in [2.24, 2.45) is 5.92 Å². The highest BCUT2D eigenvalue weighted by molar-refractivity contribution is 6.30. The number of nitriles is 1. The molecule has 0 aromatic heterocycles. The van der Waals surface area contributed by atoms with E-state index in [-0.39, 0.29) is 5.41 Å². The first-order chi connectivity index (χ1) is 7.67. The molecule has 0 saturated heterocycles. The summed E-state index contributed by atoms with van der Waals surface area (Å²) in [4.78, 5) is 0. The summed E-state index contributed by atoms with van der Waals surface area (Å²) in [6.07, 6.45) is 1.93. The van der Waals surface area contributed by atoms with Crippen LogP contribution in [0.1, 0.15) is 25.3 Å². The molecule has 84 valence electrons. The lowest BCUT2D eigenvalue weighted by atomic mass is 9.93. The predicted molar refractivity (Wildman–Crippen MR) is 63.7 cm³/mol. The second kappa shape index (κ2) is 3.99. The molecular weight excluding hydrogens is 222 g/mol. The lowest BCUT2D eigenvalue weighted by Crippen LogP contribution is -2.09. The van der Waals surface area contributed by atoms with Crippen LogP contribution >= 0.6 is 11.6 Å². The average Bonchev–Trinajstić information content (AvgIpc) is 3.04. The van der Waals surface area contributed by atoms with Gasteiger partial charge in [-0.05, 0) is 30.5 Å². The van der Waals surface area contributed by atoms with E-state index >= 15 is 0 Å². The first-order valence-corrected chi connectivity index (χ1v) is 5.81. The Morgan fingerprint density at radius 3 is 2.88 bits per heavy atom. The smallest absolute Gasteiger partial charge is 0.123 e. The molecule has 3 heteroatoms. The third kappa shape index (κ3) is 1.56. The number of rotatable bonds is 3. The Kier molecular flexibility index (Phi) is 2.82. The van der Waals surface area contributed by atoms with Gasteiger partial charge >= 0.3 is 0 Å². The number of halogens is 1. The fourth-order valence-electron chi connectivity index (χ4n) is 2.38. The molecule has 2 nitrogen and oxygen atoms in total. The van der Waals surface area contributed by atoms with Crippen LogP contribution < -0.4 is 4.74 Å². The minimum atomic E-state index is -0.370. The molecule has 0 radical (unpaired) electrons. The van der Waals surface area contributed by atoms with Crippen molar-refractivity contribution in [2.45, 2.75) is 25.2 Å². The summed E-state index contributed by atoms with van der Waals surface area (Å²) < 4.78 is 5.31. The van der Waals surface area contributed by atoms with E-state index in [9.17, 15) is 5.26 Å². The molecule has 0 bridgehead atoms. The topological polar surface area (TPSA) is 33.0 Å². The van der Waals surface area contributed by atoms with Crippen molar-refractivity contribution >= 4 is 11.6 Å². The van der Waals surface area contributed by atoms with Crippen LogP contribution in [0.4, 0.5) is 0 Å². The highest BCUT2D eigenvalue weighted by atomic mass is 35.5. The lowest BCUT2D eigenvalue weighted by Gasteiger charge is -2.13. The molecule has 0 amide bonds. The molecule has 0 spiro atoms. The normalized spacial score (nSPS) is 27.2. The Balaban J connectivity index is 2.48. The molecule has 2 rings (SSSR count). The van der Waals surface area contributed by atoms with E-state index in [1.165, 1.54) is 0 Å². The number of hydrogen-bond donors (Lipinski definition) is 0. The maximum absolute atomic E-state index is 9.37. The van der Waals surface area contributed by atoms with Crippen molar-refractivity contribution in [2.75, 3.05) is 7.11 Å². The van der Waals surface area contributed by atoms with Crippen LogP contribution in [0, 0.1) is 17.2 Å². The molecule has 2 unspecified atom stereocenters. The van der Waals surface area contributed by atoms with Crippen LogP contribution in [0.15, 0.2) is 18.2 Å². The van der Waals surface area contributed by atoms with Gasteiger partial charge in [-0.25, -0.2) is 0 Å². The summed E-state index contributed by atoms with van der Waals surface area (Å²) >= 11 is 5.99. The zero-order valence-corrected chi connectivity index (χ0v) is 10.2. The number of ether oxygens (including phenoxy) is 1. The number of methoxy groups -OCH3 is 1. The third-order valence-electron chi connectivity index (χ3n) is 3.44. The van der Waals surface area contributed by atoms with E-state index < -0.39 is 0 Å². The molecule has 1 aromatic carbocycles. The standard InChI is InChI=1S/C13H14ClNO/c1-3-9-7-13(9,8-15)11-6-10(14)4-5-12(11)16-2/h4-6,9H,3,7H2,1-2H3. The SMILES string of the molecule is CCC1CC1(C#N)c1cc(Cl)ccc1OC. The Hall–Kier alpha value is -1.20. The van der Waals surface area contributed by atoms with E-state index in [0.29, 0.717) is 10.9 Å². The first-order valence-electron chi connectivity index (χ1n) is 5.43. The zero-order chi connectivity index (χ0) is 11.8. The van der Waals surface area contributed by atoms with E-state index in [1.54, 1.807) is 13.2 Å². The van der Waals surface area contributed by atoms with Gasteiger partial charge in [0.05, 0.1) is 18.6 Å². The summed E-state index contributed by atoms with van der Waals surface area (Å²) in [7, 11) is 1.63. The molecule has 1 aliphatic carbocycles. The maximum atomic E-state index is 9.37. The number of hydrogen-bond acceptors (Lipinski definition) is 2. The molecule has 16 heavy (non-hydrogen) atoms. The highest BCUT2D eigenvalue weighted by Crippen LogP contribution is 2.58. The molecule has 1 aromatic rings. The molecule has 1 fully saturated rings. The zero-order valence-electron chi connectivity index (χ0n) is 9.46. The van der Waals surface area contributed by atoms with Crippen molar-refractivity contribution in [3.05, 3.63) is 28.8 Å². The first kappa shape index (κ1) is 11.3. The maximum Gasteiger partial charge on any atom is 0.123 e. The monoisotopic (exact) mass is 235 g/mol. The minimum absolute atomic E-state index is 0.370. The van der Waals surface area contributed by atoms with Crippen molar-refractivity contribution in [3.8, 4) is 11.8 Å². The van der Waals surface area contributed by atoms with Crippen molar-refractivity contribution < 1.29 is 4.74 Å². The van der Waals surface area contributed by atoms with Gasteiger partial charge in [0, 0.05) is 10.6 Å². The summed E-state index contributed by atoms with van der Waals surface area (Å²) in [5, 5.41) is 10.0. The van der Waals surface area contributed by atoms with E-state index in [0.717, 1.165) is 24.2 Å². The molecule has 0 heterocycles. The summed E-state index contributed by atoms with van der Waals surface area (Å²) in [5.41, 5.74) is 0.571. The molecule has 0 aliphatic heterocycles. The largest absolute Gasteiger partial charge is 0.496 e. The molecule has 1 saturated carbocycles. The summed E-state index contributed by atoms with van der Waals surface area (Å²) in [6.45, 7) is 2.11. The van der Waals surface area contributed by atoms with Gasteiger partial charge in [0.25, 0.3) is 0 Å². The van der Waals surface area contributed by atoms with Crippen molar-refractivity contribution in [3.63, 3.8) is 0 Å². The van der Waals surface area contributed by atoms with Crippen molar-refractivity contribution in [1.29, 1.82) is 5.26 Å². The van der Waals surface area contributed by atoms with Crippen LogP contribution in [0.5, 0.6) is 5.75 Å². The molecule has 1 aliphatic rings. The second-order valence-corrected chi connectivity index (χ2v) is 4.67. The quantitative estimate of drug-likeness (QED) is 0.803. The van der Waals surface area contributed by atoms with Gasteiger partial charge in [0.2, 0.25) is 0 Å². The fraction of sp³-hybridized carbons (Fsp3) is 0.462. The number of benzene rings is 1. The van der Waals surface area contributed by atoms with Gasteiger partial charge in [0.15, 0.2) is 0 Å². The Morgan fingerprint density at radius 2 is 2.38 bits per heavy atom. The van der Waals surface area contributed by atoms with E-state index in [2.05, 4.69) is 13.0 Å². The van der Waals surface area contributed by atoms with E-state index in [1.807, 2.05) is 12.1 Å².